The van der Waals surface area contributed by atoms with E-state index in [0.29, 0.717) is 0 Å². The molecule has 0 amide bonds. The van der Waals surface area contributed by atoms with E-state index < -0.39 is 0 Å². The summed E-state index contributed by atoms with van der Waals surface area (Å²) in [5.74, 6) is 0. The SMILES string of the molecule is CC=O.C[N+](C)(Cc1ccccc1)c1ccccc1. The number of benzene rings is 2. The van der Waals surface area contributed by atoms with Gasteiger partial charge in [-0.15, -0.1) is 0 Å². The van der Waals surface area contributed by atoms with Crippen LogP contribution in [-0.2, 0) is 11.3 Å². The van der Waals surface area contributed by atoms with Crippen molar-refractivity contribution in [1.82, 2.24) is 4.48 Å². The quantitative estimate of drug-likeness (QED) is 0.605. The Morgan fingerprint density at radius 1 is 0.895 bits per heavy atom. The van der Waals surface area contributed by atoms with Crippen LogP contribution in [0.15, 0.2) is 60.7 Å². The molecule has 0 aliphatic carbocycles. The third kappa shape index (κ3) is 5.06. The van der Waals surface area contributed by atoms with Crippen LogP contribution in [0.5, 0.6) is 0 Å². The molecule has 0 fully saturated rings. The third-order valence-corrected chi connectivity index (χ3v) is 2.88. The topological polar surface area (TPSA) is 17.1 Å². The average Bonchev–Trinajstić information content (AvgIpc) is 2.41. The molecule has 2 nitrogen and oxygen atoms in total. The van der Waals surface area contributed by atoms with Crippen LogP contribution in [0.4, 0.5) is 5.69 Å². The maximum atomic E-state index is 8.81. The third-order valence-electron chi connectivity index (χ3n) is 2.88. The summed E-state index contributed by atoms with van der Waals surface area (Å²) in [4.78, 5) is 8.81. The molecule has 0 heterocycles. The van der Waals surface area contributed by atoms with E-state index in [1.54, 1.807) is 0 Å². The number of rotatable bonds is 3. The maximum Gasteiger partial charge on any atom is 0.132 e. The minimum absolute atomic E-state index is 0.750. The minimum Gasteiger partial charge on any atom is -0.304 e. The van der Waals surface area contributed by atoms with Crippen molar-refractivity contribution in [2.45, 2.75) is 13.5 Å². The van der Waals surface area contributed by atoms with Crippen LogP contribution in [0.3, 0.4) is 0 Å². The molecular formula is C17H22NO+. The van der Waals surface area contributed by atoms with Gasteiger partial charge in [0.25, 0.3) is 0 Å². The second-order valence-electron chi connectivity index (χ2n) is 4.90. The number of aldehydes is 1. The van der Waals surface area contributed by atoms with Crippen molar-refractivity contribution in [3.05, 3.63) is 66.2 Å². The Morgan fingerprint density at radius 2 is 1.32 bits per heavy atom. The van der Waals surface area contributed by atoms with Gasteiger partial charge in [-0.3, -0.25) is 4.48 Å². The van der Waals surface area contributed by atoms with Crippen LogP contribution in [0.25, 0.3) is 0 Å². The summed E-state index contributed by atoms with van der Waals surface area (Å²) in [6.07, 6.45) is 0.750. The molecule has 0 saturated carbocycles. The maximum absolute atomic E-state index is 8.81. The van der Waals surface area contributed by atoms with E-state index in [1.165, 1.54) is 18.2 Å². The first-order chi connectivity index (χ1) is 9.10. The Labute approximate surface area is 115 Å². The van der Waals surface area contributed by atoms with Crippen molar-refractivity contribution in [1.29, 1.82) is 0 Å². The monoisotopic (exact) mass is 256 g/mol. The number of hydrogen-bond donors (Lipinski definition) is 0. The highest BCUT2D eigenvalue weighted by atomic mass is 16.1. The Balaban J connectivity index is 0.000000550. The molecule has 0 aliphatic rings. The predicted octanol–water partition coefficient (Wildman–Crippen LogP) is 3.66. The number of hydrogen-bond acceptors (Lipinski definition) is 1. The fourth-order valence-corrected chi connectivity index (χ4v) is 1.96. The molecule has 2 aromatic carbocycles. The highest BCUT2D eigenvalue weighted by molar-refractivity contribution is 5.44. The van der Waals surface area contributed by atoms with E-state index in [4.69, 9.17) is 4.79 Å². The van der Waals surface area contributed by atoms with Gasteiger partial charge in [0.2, 0.25) is 0 Å². The Kier molecular flexibility index (Phi) is 5.97. The summed E-state index contributed by atoms with van der Waals surface area (Å²) in [5, 5.41) is 0. The zero-order chi connectivity index (χ0) is 14.1. The molecule has 0 unspecified atom stereocenters. The number of carbonyl (C=O) groups is 1. The molecule has 0 bridgehead atoms. The first-order valence-electron chi connectivity index (χ1n) is 6.42. The molecular weight excluding hydrogens is 234 g/mol. The first kappa shape index (κ1) is 15.1. The van der Waals surface area contributed by atoms with E-state index in [-0.39, 0.29) is 0 Å². The molecule has 2 aromatic rings. The lowest BCUT2D eigenvalue weighted by Gasteiger charge is -2.29. The lowest BCUT2D eigenvalue weighted by atomic mass is 10.2. The van der Waals surface area contributed by atoms with Gasteiger partial charge in [0, 0.05) is 5.56 Å². The summed E-state index contributed by atoms with van der Waals surface area (Å²) < 4.78 is 0.880. The van der Waals surface area contributed by atoms with Crippen molar-refractivity contribution >= 4 is 12.0 Å². The van der Waals surface area contributed by atoms with Gasteiger partial charge >= 0.3 is 0 Å². The van der Waals surface area contributed by atoms with Crippen LogP contribution in [0.1, 0.15) is 12.5 Å². The van der Waals surface area contributed by atoms with E-state index in [2.05, 4.69) is 74.8 Å². The lowest BCUT2D eigenvalue weighted by Crippen LogP contribution is -2.39. The molecule has 100 valence electrons. The lowest BCUT2D eigenvalue weighted by molar-refractivity contribution is -0.106. The largest absolute Gasteiger partial charge is 0.304 e. The van der Waals surface area contributed by atoms with Gasteiger partial charge in [-0.25, -0.2) is 0 Å². The van der Waals surface area contributed by atoms with Gasteiger partial charge in [-0.2, -0.15) is 0 Å². The van der Waals surface area contributed by atoms with Crippen LogP contribution >= 0.6 is 0 Å². The Bertz CT molecular complexity index is 477. The highest BCUT2D eigenvalue weighted by Gasteiger charge is 2.18. The minimum atomic E-state index is 0.750. The number of para-hydroxylation sites is 1. The first-order valence-corrected chi connectivity index (χ1v) is 6.42. The van der Waals surface area contributed by atoms with Crippen molar-refractivity contribution < 1.29 is 4.79 Å². The molecule has 0 aromatic heterocycles. The van der Waals surface area contributed by atoms with Crippen molar-refractivity contribution in [3.8, 4) is 0 Å². The summed E-state index contributed by atoms with van der Waals surface area (Å²) >= 11 is 0. The number of quaternary nitrogens is 1. The van der Waals surface area contributed by atoms with Crippen molar-refractivity contribution in [2.24, 2.45) is 0 Å². The predicted molar refractivity (Wildman–Crippen MR) is 82.0 cm³/mol. The van der Waals surface area contributed by atoms with Gasteiger partial charge in [0.15, 0.2) is 0 Å². The van der Waals surface area contributed by atoms with Gasteiger partial charge in [0.1, 0.15) is 18.5 Å². The Morgan fingerprint density at radius 3 is 1.79 bits per heavy atom. The molecule has 2 heteroatoms. The molecule has 0 N–H and O–H groups in total. The van der Waals surface area contributed by atoms with Crippen LogP contribution in [0, 0.1) is 0 Å². The van der Waals surface area contributed by atoms with E-state index in [0.717, 1.165) is 17.3 Å². The van der Waals surface area contributed by atoms with Gasteiger partial charge < -0.3 is 4.79 Å². The average molecular weight is 256 g/mol. The molecule has 2 rings (SSSR count). The normalized spacial score (nSPS) is 10.3. The zero-order valence-electron chi connectivity index (χ0n) is 11.9. The second-order valence-corrected chi connectivity index (χ2v) is 4.90. The molecule has 0 atom stereocenters. The van der Waals surface area contributed by atoms with Crippen molar-refractivity contribution in [2.75, 3.05) is 14.1 Å². The smallest absolute Gasteiger partial charge is 0.132 e. The molecule has 0 spiro atoms. The van der Waals surface area contributed by atoms with Gasteiger partial charge in [-0.05, 0) is 19.1 Å². The molecule has 0 radical (unpaired) electrons. The van der Waals surface area contributed by atoms with Crippen LogP contribution in [0.2, 0.25) is 0 Å². The Hall–Kier alpha value is -1.93. The number of carbonyl (C=O) groups excluding carboxylic acids is 1. The molecule has 0 saturated heterocycles. The standard InChI is InChI=1S/C15H18N.C2H4O/c1-16(2,15-11-7-4-8-12-15)13-14-9-5-3-6-10-14;1-2-3/h3-12H,13H2,1-2H3;2H,1H3/q+1;. The van der Waals surface area contributed by atoms with Crippen LogP contribution in [-0.4, -0.2) is 20.4 Å². The van der Waals surface area contributed by atoms with Crippen molar-refractivity contribution in [3.63, 3.8) is 0 Å². The summed E-state index contributed by atoms with van der Waals surface area (Å²) in [6.45, 7) is 2.46. The fraction of sp³-hybridized carbons (Fsp3) is 0.235. The highest BCUT2D eigenvalue weighted by Crippen LogP contribution is 2.21. The van der Waals surface area contributed by atoms with Gasteiger partial charge in [0.05, 0.1) is 14.1 Å². The summed E-state index contributed by atoms with van der Waals surface area (Å²) in [6, 6.07) is 21.2. The van der Waals surface area contributed by atoms with Gasteiger partial charge in [-0.1, -0.05) is 48.5 Å². The van der Waals surface area contributed by atoms with E-state index >= 15 is 0 Å². The van der Waals surface area contributed by atoms with E-state index in [9.17, 15) is 0 Å². The molecule has 19 heavy (non-hydrogen) atoms. The molecule has 0 aliphatic heterocycles. The van der Waals surface area contributed by atoms with E-state index in [1.807, 2.05) is 0 Å². The summed E-state index contributed by atoms with van der Waals surface area (Å²) in [5.41, 5.74) is 2.71. The number of nitrogens with zero attached hydrogens (tertiary/aromatic N) is 1. The fourth-order valence-electron chi connectivity index (χ4n) is 1.96. The van der Waals surface area contributed by atoms with Crippen LogP contribution < -0.4 is 4.48 Å². The summed E-state index contributed by atoms with van der Waals surface area (Å²) in [7, 11) is 4.48. The zero-order valence-corrected chi connectivity index (χ0v) is 11.9. The second kappa shape index (κ2) is 7.49.